The maximum atomic E-state index is 4.82. The van der Waals surface area contributed by atoms with Gasteiger partial charge in [-0.3, -0.25) is 18.9 Å². The molecule has 7 aromatic heterocycles. The molecule has 23 rings (SSSR count). The normalized spacial score (nSPS) is 12.7. The standard InChI is InChI=1S/C34H23BN2S.C33H22BN3S.C28H18BNS2/c1-4-14-24(15-5-1)35-31-27-20-10-12-22-29(27)36(25-16-6-2-7-17-25)34(31)37(26-18-8-3-9-19-26)32-28-21-11-13-23-30(28)38-33(32)35;1-4-13-23(14-5-1)34-29-26-19-10-11-21-28(26)36(24-15-6-2-7-16-24)33(29)37(25-17-8-3-9-18-25)30-27-20-12-22-35-32(27)38-31(30)34;1-3-11-19(12-4-1)29-25-21-15-7-9-17-23(21)32-28(25)30(20-13-5-2-6-14-20)26-22-16-8-10-18-24(22)31-27(26)29/h1-23H;1-22H;1-18H. The number of nitrogens with zero attached hydrogens (tertiary/aromatic N) is 6. The first-order chi connectivity index (χ1) is 53.7. The summed E-state index contributed by atoms with van der Waals surface area (Å²) in [6, 6.07) is 136. The molecule has 0 unspecified atom stereocenters. The molecule has 0 amide bonds. The number of rotatable bonds is 8. The van der Waals surface area contributed by atoms with Crippen molar-refractivity contribution >= 4 is 226 Å². The Balaban J connectivity index is 0.000000104. The first kappa shape index (κ1) is 64.0. The van der Waals surface area contributed by atoms with E-state index < -0.39 is 0 Å². The first-order valence-electron chi connectivity index (χ1n) is 36.7. The number of anilines is 9. The van der Waals surface area contributed by atoms with Gasteiger partial charge in [-0.2, -0.15) is 0 Å². The molecular weight excluding hydrogens is 1390 g/mol. The number of hydrogen-bond donors (Lipinski definition) is 0. The largest absolute Gasteiger partial charge is 0.301 e. The number of thiophene rings is 4. The number of benzene rings is 13. The number of hydrogen-bond acceptors (Lipinski definition) is 8. The Bertz CT molecular complexity index is 6320. The van der Waals surface area contributed by atoms with Crippen molar-refractivity contribution in [2.24, 2.45) is 0 Å². The summed E-state index contributed by atoms with van der Waals surface area (Å²) >= 11 is 7.59. The van der Waals surface area contributed by atoms with Gasteiger partial charge in [-0.25, -0.2) is 4.98 Å². The molecule has 506 valence electrons. The van der Waals surface area contributed by atoms with Gasteiger partial charge in [0.2, 0.25) is 0 Å². The monoisotopic (exact) mass is 1450 g/mol. The molecular formula is C95H63B3N6S4. The lowest BCUT2D eigenvalue weighted by Gasteiger charge is -2.35. The van der Waals surface area contributed by atoms with E-state index in [0.29, 0.717) is 0 Å². The molecule has 108 heavy (non-hydrogen) atoms. The highest BCUT2D eigenvalue weighted by atomic mass is 32.1. The van der Waals surface area contributed by atoms with Crippen LogP contribution in [0.1, 0.15) is 0 Å². The molecule has 0 N–H and O–H groups in total. The maximum Gasteiger partial charge on any atom is 0.262 e. The van der Waals surface area contributed by atoms with E-state index in [1.54, 1.807) is 0 Å². The van der Waals surface area contributed by atoms with Crippen LogP contribution in [0.15, 0.2) is 382 Å². The van der Waals surface area contributed by atoms with E-state index in [1.165, 1.54) is 155 Å². The van der Waals surface area contributed by atoms with Gasteiger partial charge in [-0.15, -0.1) is 45.3 Å². The summed E-state index contributed by atoms with van der Waals surface area (Å²) in [5.41, 5.74) is 20.2. The molecule has 10 heterocycles. The van der Waals surface area contributed by atoms with Crippen molar-refractivity contribution < 1.29 is 0 Å². The van der Waals surface area contributed by atoms with Crippen LogP contribution in [0.25, 0.3) is 73.7 Å². The third kappa shape index (κ3) is 10.4. The van der Waals surface area contributed by atoms with Crippen molar-refractivity contribution in [1.29, 1.82) is 0 Å². The average Bonchev–Trinajstić information content (AvgIpc) is 1.53. The average molecular weight is 1450 g/mol. The first-order valence-corrected chi connectivity index (χ1v) is 40.0. The smallest absolute Gasteiger partial charge is 0.262 e. The summed E-state index contributed by atoms with van der Waals surface area (Å²) in [6.07, 6.45) is 1.90. The quantitative estimate of drug-likeness (QED) is 0.142. The molecule has 0 aliphatic carbocycles. The fraction of sp³-hybridized carbons (Fsp3) is 0. The van der Waals surface area contributed by atoms with Crippen molar-refractivity contribution in [3.63, 3.8) is 0 Å². The summed E-state index contributed by atoms with van der Waals surface area (Å²) in [7, 11) is 0. The number of aromatic nitrogens is 3. The zero-order chi connectivity index (χ0) is 71.2. The third-order valence-corrected chi connectivity index (χ3v) is 26.3. The zero-order valence-electron chi connectivity index (χ0n) is 58.4. The van der Waals surface area contributed by atoms with Crippen molar-refractivity contribution in [2.75, 3.05) is 14.7 Å². The van der Waals surface area contributed by atoms with Crippen LogP contribution in [0.3, 0.4) is 0 Å². The number of para-hydroxylation sites is 7. The van der Waals surface area contributed by atoms with E-state index in [1.807, 2.05) is 51.5 Å². The highest BCUT2D eigenvalue weighted by molar-refractivity contribution is 7.36. The van der Waals surface area contributed by atoms with Gasteiger partial charge in [0.25, 0.3) is 20.1 Å². The predicted octanol–water partition coefficient (Wildman–Crippen LogP) is 20.1. The summed E-state index contributed by atoms with van der Waals surface area (Å²) in [5, 5.41) is 9.09. The van der Waals surface area contributed by atoms with Crippen LogP contribution in [0.5, 0.6) is 0 Å². The molecule has 0 saturated heterocycles. The molecule has 3 aliphatic rings. The fourth-order valence-corrected chi connectivity index (χ4v) is 22.3. The van der Waals surface area contributed by atoms with Gasteiger partial charge in [0.15, 0.2) is 0 Å². The van der Waals surface area contributed by atoms with E-state index in [-0.39, 0.29) is 20.1 Å². The van der Waals surface area contributed by atoms with E-state index in [9.17, 15) is 0 Å². The van der Waals surface area contributed by atoms with Crippen LogP contribution < -0.4 is 61.8 Å². The van der Waals surface area contributed by atoms with Gasteiger partial charge in [0.05, 0.1) is 33.1 Å². The van der Waals surface area contributed by atoms with Crippen molar-refractivity contribution in [3.8, 4) is 11.4 Å². The Morgan fingerprint density at radius 2 is 0.537 bits per heavy atom. The fourth-order valence-electron chi connectivity index (χ4n) is 17.1. The lowest BCUT2D eigenvalue weighted by atomic mass is 9.38. The second kappa shape index (κ2) is 26.8. The van der Waals surface area contributed by atoms with Gasteiger partial charge in [-0.1, -0.05) is 289 Å². The number of pyridine rings is 1. The van der Waals surface area contributed by atoms with Crippen LogP contribution in [0, 0.1) is 0 Å². The Morgan fingerprint density at radius 3 is 0.972 bits per heavy atom. The minimum Gasteiger partial charge on any atom is -0.301 e. The molecule has 0 radical (unpaired) electrons. The van der Waals surface area contributed by atoms with Gasteiger partial charge in [0, 0.05) is 79.2 Å². The van der Waals surface area contributed by atoms with Gasteiger partial charge < -0.3 is 4.90 Å². The second-order valence-electron chi connectivity index (χ2n) is 27.5. The highest BCUT2D eigenvalue weighted by Crippen LogP contribution is 2.50. The Hall–Kier alpha value is -12.5. The van der Waals surface area contributed by atoms with Gasteiger partial charge in [-0.05, 0) is 136 Å². The van der Waals surface area contributed by atoms with Gasteiger partial charge >= 0.3 is 0 Å². The van der Waals surface area contributed by atoms with Crippen LogP contribution in [0.2, 0.25) is 0 Å². The molecule has 13 aromatic carbocycles. The van der Waals surface area contributed by atoms with Crippen LogP contribution >= 0.6 is 45.3 Å². The van der Waals surface area contributed by atoms with Crippen LogP contribution in [-0.2, 0) is 0 Å². The summed E-state index contributed by atoms with van der Waals surface area (Å²) in [4.78, 5) is 13.4. The number of fused-ring (bicyclic) bond motifs is 18. The van der Waals surface area contributed by atoms with E-state index in [4.69, 9.17) is 4.98 Å². The maximum absolute atomic E-state index is 4.82. The summed E-state index contributed by atoms with van der Waals surface area (Å²) in [6.45, 7) is 0.457. The molecule has 0 fully saturated rings. The lowest BCUT2D eigenvalue weighted by Crippen LogP contribution is -2.56. The SMILES string of the molecule is c1ccc(B2c3sc4ccccc4c3N(c3ccccc3)c3c2c2ccccc2n3-c2ccccc2)cc1.c1ccc(B2c3sc4ccccc4c3N(c3ccccc3)c3sc4ccccc4c32)cc1.c1ccc(B2c3sc4ncccc4c3N(c3ccccc3)c3c2c2ccccc2n3-c2ccccc2)cc1. The lowest BCUT2D eigenvalue weighted by molar-refractivity contribution is 1.08. The molecule has 0 spiro atoms. The topological polar surface area (TPSA) is 32.5 Å². The zero-order valence-corrected chi connectivity index (χ0v) is 61.7. The van der Waals surface area contributed by atoms with E-state index in [0.717, 1.165) is 16.2 Å². The summed E-state index contributed by atoms with van der Waals surface area (Å²) < 4.78 is 13.1. The van der Waals surface area contributed by atoms with Crippen molar-refractivity contribution in [2.45, 2.75) is 0 Å². The second-order valence-corrected chi connectivity index (χ2v) is 31.7. The highest BCUT2D eigenvalue weighted by Gasteiger charge is 2.46. The van der Waals surface area contributed by atoms with Gasteiger partial charge in [0.1, 0.15) is 16.5 Å². The molecule has 6 nitrogen and oxygen atoms in total. The molecule has 20 aromatic rings. The Kier molecular flexibility index (Phi) is 15.9. The van der Waals surface area contributed by atoms with Crippen LogP contribution in [0.4, 0.5) is 50.8 Å². The molecule has 0 atom stereocenters. The Labute approximate surface area is 643 Å². The minimum atomic E-state index is 0.0928. The molecule has 0 saturated carbocycles. The van der Waals surface area contributed by atoms with E-state index in [2.05, 4.69) is 400 Å². The Morgan fingerprint density at radius 1 is 0.231 bits per heavy atom. The van der Waals surface area contributed by atoms with Crippen molar-refractivity contribution in [3.05, 3.63) is 382 Å². The summed E-state index contributed by atoms with van der Waals surface area (Å²) in [5.74, 6) is 2.40. The molecule has 3 aliphatic heterocycles. The molecule has 13 heteroatoms. The van der Waals surface area contributed by atoms with Crippen molar-refractivity contribution in [1.82, 2.24) is 14.1 Å². The predicted molar refractivity (Wildman–Crippen MR) is 470 cm³/mol. The minimum absolute atomic E-state index is 0.0928. The van der Waals surface area contributed by atoms with E-state index >= 15 is 0 Å². The van der Waals surface area contributed by atoms with Crippen LogP contribution in [-0.4, -0.2) is 34.3 Å². The molecule has 0 bridgehead atoms. The third-order valence-electron chi connectivity index (χ3n) is 21.5.